The van der Waals surface area contributed by atoms with Crippen molar-refractivity contribution >= 4 is 16.7 Å². The second-order valence-electron chi connectivity index (χ2n) is 8.68. The molecule has 170 valence electrons. The lowest BCUT2D eigenvalue weighted by Gasteiger charge is -2.34. The molecule has 0 bridgehead atoms. The maximum atomic E-state index is 13.5. The van der Waals surface area contributed by atoms with E-state index in [1.54, 1.807) is 6.07 Å². The lowest BCUT2D eigenvalue weighted by molar-refractivity contribution is -0.171. The third kappa shape index (κ3) is 3.94. The second kappa shape index (κ2) is 8.69. The molecule has 0 amide bonds. The summed E-state index contributed by atoms with van der Waals surface area (Å²) in [4.78, 5) is 17.9. The Labute approximate surface area is 185 Å². The molecule has 0 saturated carbocycles. The van der Waals surface area contributed by atoms with Gasteiger partial charge in [-0.15, -0.1) is 0 Å². The Morgan fingerprint density at radius 3 is 2.62 bits per heavy atom. The van der Waals surface area contributed by atoms with Crippen LogP contribution in [-0.2, 0) is 15.3 Å². The van der Waals surface area contributed by atoms with Crippen LogP contribution in [0, 0.1) is 5.82 Å². The second-order valence-corrected chi connectivity index (χ2v) is 8.68. The van der Waals surface area contributed by atoms with Gasteiger partial charge in [0, 0.05) is 36.8 Å². The molecule has 32 heavy (non-hydrogen) atoms. The molecule has 0 spiro atoms. The predicted octanol–water partition coefficient (Wildman–Crippen LogP) is 3.37. The van der Waals surface area contributed by atoms with Gasteiger partial charge in [0.05, 0.1) is 24.2 Å². The zero-order valence-corrected chi connectivity index (χ0v) is 18.1. The van der Waals surface area contributed by atoms with Crippen LogP contribution >= 0.6 is 0 Å². The Morgan fingerprint density at radius 1 is 1.12 bits per heavy atom. The minimum absolute atomic E-state index is 0.0287. The highest BCUT2D eigenvalue weighted by Gasteiger charge is 2.39. The van der Waals surface area contributed by atoms with Gasteiger partial charge in [0.1, 0.15) is 5.82 Å². The van der Waals surface area contributed by atoms with E-state index in [0.29, 0.717) is 30.9 Å². The van der Waals surface area contributed by atoms with Gasteiger partial charge in [0.15, 0.2) is 5.79 Å². The van der Waals surface area contributed by atoms with Gasteiger partial charge in [-0.05, 0) is 56.1 Å². The standard InChI is InChI=1S/C24H29FN4O3/c25-17-6-7-19(20(26)16-17)24(31-14-15-32-24)10-3-11-28-12-8-18(9-13-28)29-22-5-2-1-4-21(22)27-23(29)30/h1-2,4-7,16,18H,3,8-15,26H2,(H,27,30). The van der Waals surface area contributed by atoms with E-state index in [1.165, 1.54) is 12.1 Å². The number of imidazole rings is 1. The molecule has 2 saturated heterocycles. The molecule has 2 aromatic carbocycles. The van der Waals surface area contributed by atoms with Gasteiger partial charge in [0.25, 0.3) is 0 Å². The zero-order valence-electron chi connectivity index (χ0n) is 18.1. The number of aromatic amines is 1. The van der Waals surface area contributed by atoms with E-state index in [2.05, 4.69) is 9.88 Å². The molecular weight excluding hydrogens is 411 g/mol. The molecule has 0 atom stereocenters. The number of ether oxygens (including phenoxy) is 2. The third-order valence-electron chi connectivity index (χ3n) is 6.70. The number of benzene rings is 2. The lowest BCUT2D eigenvalue weighted by atomic mass is 9.98. The maximum Gasteiger partial charge on any atom is 0.326 e. The molecule has 8 heteroatoms. The monoisotopic (exact) mass is 440 g/mol. The number of halogens is 1. The Hall–Kier alpha value is -2.68. The fraction of sp³-hybridized carbons (Fsp3) is 0.458. The summed E-state index contributed by atoms with van der Waals surface area (Å²) in [6, 6.07) is 12.5. The van der Waals surface area contributed by atoms with Crippen molar-refractivity contribution in [2.75, 3.05) is 38.6 Å². The first-order valence-electron chi connectivity index (χ1n) is 11.3. The quantitative estimate of drug-likeness (QED) is 0.574. The van der Waals surface area contributed by atoms with Crippen LogP contribution in [0.4, 0.5) is 10.1 Å². The Morgan fingerprint density at radius 2 is 1.88 bits per heavy atom. The van der Waals surface area contributed by atoms with Crippen LogP contribution in [0.25, 0.3) is 11.0 Å². The number of likely N-dealkylation sites (tertiary alicyclic amines) is 1. The summed E-state index contributed by atoms with van der Waals surface area (Å²) in [6.45, 7) is 3.78. The number of nitrogens with two attached hydrogens (primary N) is 1. The average molecular weight is 441 g/mol. The van der Waals surface area contributed by atoms with Crippen molar-refractivity contribution in [2.24, 2.45) is 0 Å². The van der Waals surface area contributed by atoms with Crippen molar-refractivity contribution in [3.05, 3.63) is 64.3 Å². The third-order valence-corrected chi connectivity index (χ3v) is 6.70. The number of nitrogens with zero attached hydrogens (tertiary/aromatic N) is 2. The Balaban J connectivity index is 1.20. The fourth-order valence-corrected chi connectivity index (χ4v) is 5.14. The first-order chi connectivity index (χ1) is 15.6. The van der Waals surface area contributed by atoms with Crippen LogP contribution in [0.15, 0.2) is 47.3 Å². The largest absolute Gasteiger partial charge is 0.398 e. The number of para-hydroxylation sites is 2. The zero-order chi connectivity index (χ0) is 22.1. The number of nitrogens with one attached hydrogen (secondary N) is 1. The van der Waals surface area contributed by atoms with E-state index in [0.717, 1.165) is 49.9 Å². The number of rotatable bonds is 6. The van der Waals surface area contributed by atoms with Gasteiger partial charge >= 0.3 is 5.69 Å². The molecule has 1 aromatic heterocycles. The Kier molecular flexibility index (Phi) is 5.75. The summed E-state index contributed by atoms with van der Waals surface area (Å²) in [5, 5.41) is 0. The van der Waals surface area contributed by atoms with Crippen LogP contribution in [0.3, 0.4) is 0 Å². The molecule has 3 heterocycles. The smallest absolute Gasteiger partial charge is 0.326 e. The molecule has 3 N–H and O–H groups in total. The SMILES string of the molecule is Nc1cc(F)ccc1C1(CCCN2CCC(n3c(=O)[nH]c4ccccc43)CC2)OCCO1. The number of anilines is 1. The topological polar surface area (TPSA) is 85.5 Å². The number of hydrogen-bond donors (Lipinski definition) is 2. The van der Waals surface area contributed by atoms with E-state index in [4.69, 9.17) is 15.2 Å². The first-order valence-corrected chi connectivity index (χ1v) is 11.3. The molecular formula is C24H29FN4O3. The highest BCUT2D eigenvalue weighted by atomic mass is 19.1. The number of piperidine rings is 1. The van der Waals surface area contributed by atoms with Crippen molar-refractivity contribution in [3.8, 4) is 0 Å². The normalized spacial score (nSPS) is 19.7. The molecule has 5 rings (SSSR count). The molecule has 3 aromatic rings. The van der Waals surface area contributed by atoms with E-state index in [1.807, 2.05) is 28.8 Å². The van der Waals surface area contributed by atoms with E-state index in [9.17, 15) is 9.18 Å². The van der Waals surface area contributed by atoms with Crippen molar-refractivity contribution in [2.45, 2.75) is 37.5 Å². The molecule has 0 radical (unpaired) electrons. The molecule has 2 fully saturated rings. The molecule has 2 aliphatic heterocycles. The van der Waals surface area contributed by atoms with Gasteiger partial charge in [-0.2, -0.15) is 0 Å². The number of aromatic nitrogens is 2. The van der Waals surface area contributed by atoms with Crippen molar-refractivity contribution in [1.29, 1.82) is 0 Å². The molecule has 7 nitrogen and oxygen atoms in total. The molecule has 2 aliphatic rings. The molecule has 0 aliphatic carbocycles. The summed E-state index contributed by atoms with van der Waals surface area (Å²) < 4.78 is 27.4. The van der Waals surface area contributed by atoms with Crippen molar-refractivity contribution < 1.29 is 13.9 Å². The highest BCUT2D eigenvalue weighted by molar-refractivity contribution is 5.75. The summed E-state index contributed by atoms with van der Waals surface area (Å²) in [5.41, 5.74) is 8.97. The Bertz CT molecular complexity index is 1140. The van der Waals surface area contributed by atoms with Gasteiger partial charge in [0.2, 0.25) is 0 Å². The minimum atomic E-state index is -0.895. The fourth-order valence-electron chi connectivity index (χ4n) is 5.14. The summed E-state index contributed by atoms with van der Waals surface area (Å²) >= 11 is 0. The lowest BCUT2D eigenvalue weighted by Crippen LogP contribution is -2.38. The average Bonchev–Trinajstić information content (AvgIpc) is 3.38. The van der Waals surface area contributed by atoms with Crippen LogP contribution in [0.1, 0.15) is 37.3 Å². The number of H-pyrrole nitrogens is 1. The van der Waals surface area contributed by atoms with Crippen molar-refractivity contribution in [3.63, 3.8) is 0 Å². The summed E-state index contributed by atoms with van der Waals surface area (Å²) in [5.74, 6) is -1.26. The van der Waals surface area contributed by atoms with Crippen LogP contribution in [0.2, 0.25) is 0 Å². The van der Waals surface area contributed by atoms with Crippen molar-refractivity contribution in [1.82, 2.24) is 14.5 Å². The molecule has 0 unspecified atom stereocenters. The van der Waals surface area contributed by atoms with E-state index < -0.39 is 5.79 Å². The number of nitrogen functional groups attached to an aromatic ring is 1. The number of fused-ring (bicyclic) bond motifs is 1. The maximum absolute atomic E-state index is 13.5. The van der Waals surface area contributed by atoms with Gasteiger partial charge < -0.3 is 25.1 Å². The van der Waals surface area contributed by atoms with E-state index in [-0.39, 0.29) is 17.5 Å². The van der Waals surface area contributed by atoms with Gasteiger partial charge in [-0.3, -0.25) is 4.57 Å². The van der Waals surface area contributed by atoms with Gasteiger partial charge in [-0.25, -0.2) is 9.18 Å². The van der Waals surface area contributed by atoms with Crippen LogP contribution in [-0.4, -0.2) is 47.3 Å². The minimum Gasteiger partial charge on any atom is -0.398 e. The van der Waals surface area contributed by atoms with Crippen LogP contribution in [0.5, 0.6) is 0 Å². The first kappa shape index (κ1) is 21.2. The van der Waals surface area contributed by atoms with Gasteiger partial charge in [-0.1, -0.05) is 12.1 Å². The summed E-state index contributed by atoms with van der Waals surface area (Å²) in [6.07, 6.45) is 3.40. The number of hydrogen-bond acceptors (Lipinski definition) is 5. The summed E-state index contributed by atoms with van der Waals surface area (Å²) in [7, 11) is 0. The predicted molar refractivity (Wildman–Crippen MR) is 121 cm³/mol. The highest BCUT2D eigenvalue weighted by Crippen LogP contribution is 2.39. The van der Waals surface area contributed by atoms with Crippen LogP contribution < -0.4 is 11.4 Å². The van der Waals surface area contributed by atoms with E-state index >= 15 is 0 Å².